The van der Waals surface area contributed by atoms with E-state index in [0.717, 1.165) is 7.11 Å². The molecule has 0 fully saturated rings. The molecule has 0 radical (unpaired) electrons. The Morgan fingerprint density at radius 2 is 2.14 bits per heavy atom. The number of nitriles is 1. The number of hydrogen-bond donors (Lipinski definition) is 0. The van der Waals surface area contributed by atoms with E-state index in [1.807, 2.05) is 6.07 Å². The highest BCUT2D eigenvalue weighted by Gasteiger charge is 2.16. The van der Waals surface area contributed by atoms with Crippen molar-refractivity contribution >= 4 is 11.8 Å². The summed E-state index contributed by atoms with van der Waals surface area (Å²) in [6.45, 7) is 0. The summed E-state index contributed by atoms with van der Waals surface area (Å²) >= 11 is 0. The molecule has 1 rings (SSSR count). The molecule has 0 amide bonds. The zero-order valence-corrected chi connectivity index (χ0v) is 7.48. The van der Waals surface area contributed by atoms with Crippen molar-refractivity contribution < 1.29 is 14.3 Å². The van der Waals surface area contributed by atoms with E-state index in [-0.39, 0.29) is 5.56 Å². The molecule has 0 aromatic heterocycles. The van der Waals surface area contributed by atoms with E-state index >= 15 is 0 Å². The fourth-order valence-corrected chi connectivity index (χ4v) is 0.941. The van der Waals surface area contributed by atoms with Gasteiger partial charge >= 0.3 is 5.97 Å². The van der Waals surface area contributed by atoms with Gasteiger partial charge in [-0.15, -0.1) is 0 Å². The molecule has 0 atom stereocenters. The summed E-state index contributed by atoms with van der Waals surface area (Å²) in [5.41, 5.74) is 0.496. The van der Waals surface area contributed by atoms with Crippen molar-refractivity contribution in [2.75, 3.05) is 7.11 Å². The van der Waals surface area contributed by atoms with Crippen LogP contribution < -0.4 is 0 Å². The lowest BCUT2D eigenvalue weighted by Crippen LogP contribution is -2.15. The van der Waals surface area contributed by atoms with Crippen LogP contribution in [0.2, 0.25) is 0 Å². The second kappa shape index (κ2) is 4.19. The molecule has 14 heavy (non-hydrogen) atoms. The summed E-state index contributed by atoms with van der Waals surface area (Å²) in [5, 5.41) is 8.56. The van der Waals surface area contributed by atoms with E-state index in [2.05, 4.69) is 4.74 Å². The van der Waals surface area contributed by atoms with Crippen LogP contribution in [0, 0.1) is 11.3 Å². The van der Waals surface area contributed by atoms with Crippen LogP contribution >= 0.6 is 0 Å². The average Bonchev–Trinajstić information content (AvgIpc) is 2.27. The third kappa shape index (κ3) is 1.96. The minimum atomic E-state index is -0.930. The number of ketones is 1. The molecule has 70 valence electrons. The Hall–Kier alpha value is -2.15. The number of carbonyl (C=O) groups excluding carboxylic acids is 2. The van der Waals surface area contributed by atoms with Gasteiger partial charge in [-0.2, -0.15) is 5.26 Å². The van der Waals surface area contributed by atoms with Crippen molar-refractivity contribution in [1.29, 1.82) is 5.26 Å². The Bertz CT molecular complexity index is 418. The normalized spacial score (nSPS) is 8.86. The van der Waals surface area contributed by atoms with Gasteiger partial charge in [0.2, 0.25) is 0 Å². The fourth-order valence-electron chi connectivity index (χ4n) is 0.941. The number of ether oxygens (including phenoxy) is 1. The van der Waals surface area contributed by atoms with E-state index in [9.17, 15) is 9.59 Å². The third-order valence-electron chi connectivity index (χ3n) is 1.62. The van der Waals surface area contributed by atoms with Crippen LogP contribution in [0.5, 0.6) is 0 Å². The molecule has 0 N–H and O–H groups in total. The van der Waals surface area contributed by atoms with Gasteiger partial charge in [-0.25, -0.2) is 4.79 Å². The van der Waals surface area contributed by atoms with Crippen molar-refractivity contribution in [3.8, 4) is 6.07 Å². The number of esters is 1. The lowest BCUT2D eigenvalue weighted by Gasteiger charge is -1.98. The molecule has 4 heteroatoms. The first-order chi connectivity index (χ1) is 6.69. The molecule has 0 aliphatic carbocycles. The molecule has 0 spiro atoms. The van der Waals surface area contributed by atoms with Gasteiger partial charge in [0.1, 0.15) is 0 Å². The highest BCUT2D eigenvalue weighted by atomic mass is 16.5. The van der Waals surface area contributed by atoms with Crippen molar-refractivity contribution in [2.45, 2.75) is 0 Å². The van der Waals surface area contributed by atoms with Gasteiger partial charge in [0.25, 0.3) is 5.78 Å². The van der Waals surface area contributed by atoms with Gasteiger partial charge in [0, 0.05) is 5.56 Å². The molecule has 0 heterocycles. The molecular formula is C10H7NO3. The number of benzene rings is 1. The standard InChI is InChI=1S/C10H7NO3/c1-14-10(13)9(12)8-4-2-3-7(5-8)6-11/h2-5H,1H3. The number of hydrogen-bond acceptors (Lipinski definition) is 4. The Balaban J connectivity index is 3.03. The van der Waals surface area contributed by atoms with Crippen LogP contribution in [-0.2, 0) is 9.53 Å². The molecule has 0 unspecified atom stereocenters. The molecule has 0 aliphatic rings. The molecule has 0 aliphatic heterocycles. The van der Waals surface area contributed by atoms with Crippen LogP contribution in [0.3, 0.4) is 0 Å². The minimum Gasteiger partial charge on any atom is -0.463 e. The quantitative estimate of drug-likeness (QED) is 0.394. The topological polar surface area (TPSA) is 67.2 Å². The number of rotatable bonds is 2. The monoisotopic (exact) mass is 189 g/mol. The molecule has 1 aromatic rings. The molecular weight excluding hydrogens is 182 g/mol. The SMILES string of the molecule is COC(=O)C(=O)c1cccc(C#N)c1. The summed E-state index contributed by atoms with van der Waals surface area (Å²) in [7, 11) is 1.13. The van der Waals surface area contributed by atoms with Gasteiger partial charge in [0.15, 0.2) is 0 Å². The molecule has 4 nitrogen and oxygen atoms in total. The van der Waals surface area contributed by atoms with E-state index < -0.39 is 11.8 Å². The van der Waals surface area contributed by atoms with Crippen molar-refractivity contribution in [1.82, 2.24) is 0 Å². The maximum atomic E-state index is 11.3. The third-order valence-corrected chi connectivity index (χ3v) is 1.62. The maximum absolute atomic E-state index is 11.3. The predicted molar refractivity (Wildman–Crippen MR) is 47.5 cm³/mol. The smallest absolute Gasteiger partial charge is 0.379 e. The van der Waals surface area contributed by atoms with Gasteiger partial charge < -0.3 is 4.74 Å². The first-order valence-electron chi connectivity index (χ1n) is 3.82. The lowest BCUT2D eigenvalue weighted by atomic mass is 10.1. The highest BCUT2D eigenvalue weighted by Crippen LogP contribution is 2.05. The second-order valence-corrected chi connectivity index (χ2v) is 2.51. The Labute approximate surface area is 80.7 Å². The van der Waals surface area contributed by atoms with E-state index in [0.29, 0.717) is 5.56 Å². The summed E-state index contributed by atoms with van der Waals surface area (Å²) in [6, 6.07) is 7.77. The van der Waals surface area contributed by atoms with Crippen molar-refractivity contribution in [3.05, 3.63) is 35.4 Å². The predicted octanol–water partition coefficient (Wildman–Crippen LogP) is 0.914. The molecule has 0 saturated carbocycles. The summed E-state index contributed by atoms with van der Waals surface area (Å²) in [6.07, 6.45) is 0. The van der Waals surface area contributed by atoms with E-state index in [4.69, 9.17) is 5.26 Å². The van der Waals surface area contributed by atoms with Gasteiger partial charge in [-0.1, -0.05) is 12.1 Å². The highest BCUT2D eigenvalue weighted by molar-refractivity contribution is 6.40. The summed E-state index contributed by atoms with van der Waals surface area (Å²) < 4.78 is 4.27. The lowest BCUT2D eigenvalue weighted by molar-refractivity contribution is -0.135. The van der Waals surface area contributed by atoms with Crippen molar-refractivity contribution in [2.24, 2.45) is 0 Å². The Kier molecular flexibility index (Phi) is 2.97. The van der Waals surface area contributed by atoms with Gasteiger partial charge in [-0.05, 0) is 12.1 Å². The average molecular weight is 189 g/mol. The van der Waals surface area contributed by atoms with E-state index in [1.165, 1.54) is 18.2 Å². The van der Waals surface area contributed by atoms with E-state index in [1.54, 1.807) is 6.07 Å². The van der Waals surface area contributed by atoms with Gasteiger partial charge in [0.05, 0.1) is 18.7 Å². The number of methoxy groups -OCH3 is 1. The fraction of sp³-hybridized carbons (Fsp3) is 0.100. The number of carbonyl (C=O) groups is 2. The molecule has 1 aromatic carbocycles. The van der Waals surface area contributed by atoms with Crippen LogP contribution in [0.25, 0.3) is 0 Å². The van der Waals surface area contributed by atoms with Crippen LogP contribution in [0.15, 0.2) is 24.3 Å². The summed E-state index contributed by atoms with van der Waals surface area (Å²) in [4.78, 5) is 22.1. The number of nitrogens with zero attached hydrogens (tertiary/aromatic N) is 1. The van der Waals surface area contributed by atoms with Crippen LogP contribution in [0.1, 0.15) is 15.9 Å². The number of Topliss-reactive ketones (excluding diaryl/α,β-unsaturated/α-hetero) is 1. The minimum absolute atomic E-state index is 0.163. The Morgan fingerprint density at radius 1 is 1.43 bits per heavy atom. The largest absolute Gasteiger partial charge is 0.463 e. The van der Waals surface area contributed by atoms with Gasteiger partial charge in [-0.3, -0.25) is 4.79 Å². The summed E-state index contributed by atoms with van der Waals surface area (Å²) in [5.74, 6) is -1.68. The first kappa shape index (κ1) is 9.93. The van der Waals surface area contributed by atoms with Crippen LogP contribution in [-0.4, -0.2) is 18.9 Å². The first-order valence-corrected chi connectivity index (χ1v) is 3.82. The zero-order valence-electron chi connectivity index (χ0n) is 7.48. The molecule has 0 saturated heterocycles. The maximum Gasteiger partial charge on any atom is 0.379 e. The zero-order chi connectivity index (χ0) is 10.6. The van der Waals surface area contributed by atoms with Crippen LogP contribution in [0.4, 0.5) is 0 Å². The second-order valence-electron chi connectivity index (χ2n) is 2.51. The van der Waals surface area contributed by atoms with Crippen molar-refractivity contribution in [3.63, 3.8) is 0 Å². The molecule has 0 bridgehead atoms. The Morgan fingerprint density at radius 3 is 2.71 bits per heavy atom.